The van der Waals surface area contributed by atoms with Crippen LogP contribution in [0.15, 0.2) is 47.7 Å². The lowest BCUT2D eigenvalue weighted by atomic mass is 10.2. The molecule has 1 atom stereocenters. The third-order valence-electron chi connectivity index (χ3n) is 4.51. The summed E-state index contributed by atoms with van der Waals surface area (Å²) in [5.41, 5.74) is 3.05. The van der Waals surface area contributed by atoms with Gasteiger partial charge in [0.2, 0.25) is 5.95 Å². The average Bonchev–Trinajstić information content (AvgIpc) is 2.77. The predicted octanol–water partition coefficient (Wildman–Crippen LogP) is 3.74. The number of halogens is 1. The predicted molar refractivity (Wildman–Crippen MR) is 136 cm³/mol. The van der Waals surface area contributed by atoms with Gasteiger partial charge in [0, 0.05) is 18.4 Å². The minimum absolute atomic E-state index is 0.244. The summed E-state index contributed by atoms with van der Waals surface area (Å²) in [5.74, 6) is 12.1. The Hall–Kier alpha value is -3.57. The van der Waals surface area contributed by atoms with Gasteiger partial charge in [-0.1, -0.05) is 17.7 Å². The molecule has 0 aliphatic heterocycles. The number of methoxy groups -OCH3 is 1. The van der Waals surface area contributed by atoms with Crippen molar-refractivity contribution >= 4 is 60.0 Å². The molecule has 0 bridgehead atoms. The van der Waals surface area contributed by atoms with Crippen LogP contribution in [0, 0.1) is 6.92 Å². The van der Waals surface area contributed by atoms with E-state index in [1.807, 2.05) is 19.1 Å². The molecule has 0 aliphatic carbocycles. The zero-order valence-corrected chi connectivity index (χ0v) is 20.3. The van der Waals surface area contributed by atoms with Gasteiger partial charge in [0.05, 0.1) is 30.4 Å². The summed E-state index contributed by atoms with van der Waals surface area (Å²) < 4.78 is 17.2. The van der Waals surface area contributed by atoms with E-state index in [1.54, 1.807) is 24.3 Å². The zero-order valence-electron chi connectivity index (χ0n) is 18.7. The molecular formula is C20H25ClN9O3P. The molecule has 0 amide bonds. The normalized spacial score (nSPS) is 12.8. The van der Waals surface area contributed by atoms with Crippen LogP contribution < -0.4 is 37.2 Å². The van der Waals surface area contributed by atoms with Crippen LogP contribution in [-0.4, -0.2) is 35.0 Å². The molecule has 0 saturated heterocycles. The van der Waals surface area contributed by atoms with Crippen LogP contribution in [0.4, 0.5) is 34.5 Å². The summed E-state index contributed by atoms with van der Waals surface area (Å²) in [7, 11) is -2.10. The summed E-state index contributed by atoms with van der Waals surface area (Å²) in [4.78, 5) is 18.5. The topological polar surface area (TPSA) is 176 Å². The van der Waals surface area contributed by atoms with Gasteiger partial charge in [-0.3, -0.25) is 9.57 Å². The molecule has 8 N–H and O–H groups in total. The van der Waals surface area contributed by atoms with Gasteiger partial charge in [-0.05, 0) is 36.8 Å². The molecule has 3 rings (SSSR count). The quantitative estimate of drug-likeness (QED) is 0.0820. The monoisotopic (exact) mass is 505 g/mol. The zero-order chi connectivity index (χ0) is 24.9. The number of hydrazine groups is 1. The van der Waals surface area contributed by atoms with Crippen molar-refractivity contribution in [3.8, 4) is 5.75 Å². The smallest absolute Gasteiger partial charge is 0.288 e. The average molecular weight is 506 g/mol. The molecule has 14 heteroatoms. The molecule has 0 saturated carbocycles. The highest BCUT2D eigenvalue weighted by Crippen LogP contribution is 2.41. The van der Waals surface area contributed by atoms with Gasteiger partial charge >= 0.3 is 0 Å². The number of hydrogen-bond donors (Lipinski definition) is 6. The minimum Gasteiger partial charge on any atom is -0.497 e. The van der Waals surface area contributed by atoms with Crippen molar-refractivity contribution in [2.45, 2.75) is 6.92 Å². The molecule has 2 aromatic carbocycles. The summed E-state index contributed by atoms with van der Waals surface area (Å²) >= 11 is 6.31. The second-order valence-corrected chi connectivity index (χ2v) is 9.60. The van der Waals surface area contributed by atoms with Crippen LogP contribution in [-0.2, 0) is 4.57 Å². The second kappa shape index (κ2) is 10.6. The lowest BCUT2D eigenvalue weighted by Crippen LogP contribution is -2.29. The van der Waals surface area contributed by atoms with Gasteiger partial charge in [0.25, 0.3) is 7.52 Å². The van der Waals surface area contributed by atoms with Crippen LogP contribution in [0.25, 0.3) is 0 Å². The number of benzene rings is 2. The van der Waals surface area contributed by atoms with Crippen molar-refractivity contribution in [3.05, 3.63) is 53.2 Å². The lowest BCUT2D eigenvalue weighted by molar-refractivity contribution is 0.415. The Balaban J connectivity index is 1.91. The number of aromatic nitrogens is 2. The minimum atomic E-state index is -3.60. The number of aryl methyl sites for hydroxylation is 1. The van der Waals surface area contributed by atoms with Crippen LogP contribution >= 0.6 is 19.1 Å². The van der Waals surface area contributed by atoms with E-state index in [2.05, 4.69) is 30.8 Å². The fourth-order valence-electron chi connectivity index (χ4n) is 2.88. The molecule has 0 spiro atoms. The Kier molecular flexibility index (Phi) is 7.79. The number of ether oxygens (including phenoxy) is 1. The fourth-order valence-corrected chi connectivity index (χ4v) is 3.65. The highest BCUT2D eigenvalue weighted by atomic mass is 35.5. The molecule has 1 aromatic heterocycles. The van der Waals surface area contributed by atoms with E-state index >= 15 is 0 Å². The summed E-state index contributed by atoms with van der Waals surface area (Å²) in [6.45, 7) is 3.10. The van der Waals surface area contributed by atoms with Crippen LogP contribution in [0.2, 0.25) is 5.02 Å². The van der Waals surface area contributed by atoms with E-state index < -0.39 is 7.52 Å². The largest absolute Gasteiger partial charge is 0.497 e. The number of nitrogens with two attached hydrogens (primary N) is 2. The first-order valence-electron chi connectivity index (χ1n) is 9.80. The number of hydrazone groups is 1. The maximum absolute atomic E-state index is 11.9. The highest BCUT2D eigenvalue weighted by Gasteiger charge is 2.16. The molecule has 180 valence electrons. The molecular weight excluding hydrogens is 481 g/mol. The van der Waals surface area contributed by atoms with E-state index in [9.17, 15) is 9.46 Å². The number of nitrogens with one attached hydrogen (secondary N) is 3. The van der Waals surface area contributed by atoms with Crippen LogP contribution in [0.1, 0.15) is 5.56 Å². The van der Waals surface area contributed by atoms with Crippen molar-refractivity contribution in [2.24, 2.45) is 16.8 Å². The van der Waals surface area contributed by atoms with Crippen LogP contribution in [0.5, 0.6) is 5.75 Å². The SMILES string of the molecule is COc1ccc(Nc2nc(Nc3cc(N(N)/C=N\N)ccc3C)ncc2Cl)c(NP(C)(=O)O)c1. The maximum Gasteiger partial charge on any atom is 0.288 e. The summed E-state index contributed by atoms with van der Waals surface area (Å²) in [6.07, 6.45) is 2.71. The Morgan fingerprint density at radius 1 is 1.21 bits per heavy atom. The van der Waals surface area contributed by atoms with Gasteiger partial charge in [0.15, 0.2) is 5.82 Å². The van der Waals surface area contributed by atoms with Crippen molar-refractivity contribution in [2.75, 3.05) is 34.5 Å². The number of hydrogen-bond acceptors (Lipinski definition) is 9. The van der Waals surface area contributed by atoms with E-state index in [1.165, 1.54) is 31.3 Å². The van der Waals surface area contributed by atoms with Gasteiger partial charge < -0.3 is 31.2 Å². The standard InChI is InChI=1S/C20H25ClN9O3P/c1-12-4-5-13(30(23)11-25-22)8-17(12)27-20-24-10-15(21)19(28-20)26-16-7-6-14(33-2)9-18(16)29-34(3,31)32/h4-11H,22-23H2,1-3H3,(H2,29,31,32)(H2,24,26,27,28)/b25-11-. The summed E-state index contributed by atoms with van der Waals surface area (Å²) in [6, 6.07) is 10.4. The maximum atomic E-state index is 11.9. The van der Waals surface area contributed by atoms with Gasteiger partial charge in [0.1, 0.15) is 17.1 Å². The first-order valence-corrected chi connectivity index (χ1v) is 12.3. The first kappa shape index (κ1) is 25.1. The van der Waals surface area contributed by atoms with E-state index in [-0.39, 0.29) is 16.8 Å². The Morgan fingerprint density at radius 3 is 2.65 bits per heavy atom. The van der Waals surface area contributed by atoms with Gasteiger partial charge in [-0.25, -0.2) is 10.8 Å². The lowest BCUT2D eigenvalue weighted by Gasteiger charge is -2.18. The highest BCUT2D eigenvalue weighted by molar-refractivity contribution is 7.58. The molecule has 3 aromatic rings. The van der Waals surface area contributed by atoms with Gasteiger partial charge in [-0.2, -0.15) is 10.1 Å². The van der Waals surface area contributed by atoms with Crippen molar-refractivity contribution in [1.29, 1.82) is 0 Å². The van der Waals surface area contributed by atoms with Crippen molar-refractivity contribution in [1.82, 2.24) is 9.97 Å². The molecule has 0 fully saturated rings. The Morgan fingerprint density at radius 2 is 1.97 bits per heavy atom. The van der Waals surface area contributed by atoms with Crippen molar-refractivity contribution in [3.63, 3.8) is 0 Å². The Bertz CT molecular complexity index is 1250. The van der Waals surface area contributed by atoms with E-state index in [0.29, 0.717) is 28.5 Å². The second-order valence-electron chi connectivity index (χ2n) is 7.21. The molecule has 0 radical (unpaired) electrons. The van der Waals surface area contributed by atoms with Crippen molar-refractivity contribution < 1.29 is 14.2 Å². The number of nitrogens with zero attached hydrogens (tertiary/aromatic N) is 4. The molecule has 0 aliphatic rings. The molecule has 12 nitrogen and oxygen atoms in total. The third kappa shape index (κ3) is 6.49. The molecule has 1 unspecified atom stereocenters. The van der Waals surface area contributed by atoms with E-state index in [0.717, 1.165) is 5.56 Å². The number of rotatable bonds is 9. The summed E-state index contributed by atoms with van der Waals surface area (Å²) in [5, 5.41) is 13.7. The first-order chi connectivity index (χ1) is 16.1. The number of anilines is 6. The third-order valence-corrected chi connectivity index (χ3v) is 5.44. The molecule has 34 heavy (non-hydrogen) atoms. The Labute approximate surface area is 201 Å². The van der Waals surface area contributed by atoms with E-state index in [4.69, 9.17) is 28.0 Å². The fraction of sp³-hybridized carbons (Fsp3) is 0.150. The van der Waals surface area contributed by atoms with Crippen LogP contribution in [0.3, 0.4) is 0 Å². The molecule has 1 heterocycles. The van der Waals surface area contributed by atoms with Gasteiger partial charge in [-0.15, -0.1) is 0 Å².